The van der Waals surface area contributed by atoms with Crippen LogP contribution in [0, 0.1) is 12.7 Å². The van der Waals surface area contributed by atoms with Gasteiger partial charge >= 0.3 is 0 Å². The zero-order valence-corrected chi connectivity index (χ0v) is 10.3. The maximum Gasteiger partial charge on any atom is 0.232 e. The normalized spacial score (nSPS) is 11.4. The fourth-order valence-corrected chi connectivity index (χ4v) is 1.87. The van der Waals surface area contributed by atoms with Gasteiger partial charge in [-0.3, -0.25) is 0 Å². The van der Waals surface area contributed by atoms with Gasteiger partial charge < -0.3 is 4.74 Å². The Labute approximate surface area is 98.6 Å². The zero-order valence-electron chi connectivity index (χ0n) is 8.74. The SMILES string of the molecule is Cc1ccc(OCCCS(=O)(=O)Cl)cc1F. The Morgan fingerprint density at radius 3 is 2.69 bits per heavy atom. The largest absolute Gasteiger partial charge is 0.493 e. The molecule has 0 heterocycles. The third-order valence-electron chi connectivity index (χ3n) is 1.94. The van der Waals surface area contributed by atoms with E-state index < -0.39 is 9.05 Å². The molecule has 0 aromatic heterocycles. The molecule has 0 amide bonds. The second-order valence-electron chi connectivity index (χ2n) is 3.36. The van der Waals surface area contributed by atoms with Crippen molar-refractivity contribution in [3.05, 3.63) is 29.6 Å². The van der Waals surface area contributed by atoms with Crippen LogP contribution in [0.1, 0.15) is 12.0 Å². The molecule has 3 nitrogen and oxygen atoms in total. The van der Waals surface area contributed by atoms with E-state index in [2.05, 4.69) is 0 Å². The summed E-state index contributed by atoms with van der Waals surface area (Å²) in [4.78, 5) is 0. The average Bonchev–Trinajstić information content (AvgIpc) is 2.17. The van der Waals surface area contributed by atoms with Crippen LogP contribution in [0.25, 0.3) is 0 Å². The third kappa shape index (κ3) is 4.81. The van der Waals surface area contributed by atoms with E-state index in [-0.39, 0.29) is 24.6 Å². The van der Waals surface area contributed by atoms with E-state index >= 15 is 0 Å². The monoisotopic (exact) mass is 266 g/mol. The van der Waals surface area contributed by atoms with Crippen molar-refractivity contribution in [2.24, 2.45) is 0 Å². The van der Waals surface area contributed by atoms with Gasteiger partial charge in [0.2, 0.25) is 9.05 Å². The molecule has 0 spiro atoms. The molecule has 0 aliphatic rings. The first kappa shape index (κ1) is 13.3. The Balaban J connectivity index is 2.41. The van der Waals surface area contributed by atoms with Crippen LogP contribution in [0.15, 0.2) is 18.2 Å². The summed E-state index contributed by atoms with van der Waals surface area (Å²) in [5, 5.41) is 0. The van der Waals surface area contributed by atoms with Crippen LogP contribution in [-0.4, -0.2) is 20.8 Å². The van der Waals surface area contributed by atoms with Gasteiger partial charge in [0.15, 0.2) is 0 Å². The van der Waals surface area contributed by atoms with E-state index in [1.54, 1.807) is 19.1 Å². The van der Waals surface area contributed by atoms with E-state index in [0.29, 0.717) is 11.3 Å². The van der Waals surface area contributed by atoms with E-state index in [1.807, 2.05) is 0 Å². The summed E-state index contributed by atoms with van der Waals surface area (Å²) in [6.07, 6.45) is 0.279. The summed E-state index contributed by atoms with van der Waals surface area (Å²) < 4.78 is 39.4. The van der Waals surface area contributed by atoms with Crippen molar-refractivity contribution in [1.82, 2.24) is 0 Å². The van der Waals surface area contributed by atoms with Crippen LogP contribution in [0.4, 0.5) is 4.39 Å². The quantitative estimate of drug-likeness (QED) is 0.607. The van der Waals surface area contributed by atoms with Gasteiger partial charge in [-0.25, -0.2) is 12.8 Å². The van der Waals surface area contributed by atoms with E-state index in [4.69, 9.17) is 15.4 Å². The number of aryl methyl sites for hydroxylation is 1. The highest BCUT2D eigenvalue weighted by Crippen LogP contribution is 2.16. The molecule has 90 valence electrons. The van der Waals surface area contributed by atoms with Gasteiger partial charge in [-0.05, 0) is 25.0 Å². The van der Waals surface area contributed by atoms with Gasteiger partial charge in [-0.15, -0.1) is 0 Å². The first-order chi connectivity index (χ1) is 7.38. The van der Waals surface area contributed by atoms with Crippen LogP contribution < -0.4 is 4.74 Å². The molecule has 16 heavy (non-hydrogen) atoms. The summed E-state index contributed by atoms with van der Waals surface area (Å²) in [6, 6.07) is 4.50. The lowest BCUT2D eigenvalue weighted by Crippen LogP contribution is -2.05. The molecule has 0 fully saturated rings. The maximum absolute atomic E-state index is 13.1. The van der Waals surface area contributed by atoms with Gasteiger partial charge in [0, 0.05) is 16.7 Å². The number of hydrogen-bond donors (Lipinski definition) is 0. The lowest BCUT2D eigenvalue weighted by atomic mass is 10.2. The number of hydrogen-bond acceptors (Lipinski definition) is 3. The summed E-state index contributed by atoms with van der Waals surface area (Å²) in [7, 11) is 1.54. The summed E-state index contributed by atoms with van der Waals surface area (Å²) in [6.45, 7) is 1.84. The molecule has 0 radical (unpaired) electrons. The summed E-state index contributed by atoms with van der Waals surface area (Å²) in [5.41, 5.74) is 0.538. The van der Waals surface area contributed by atoms with Crippen LogP contribution in [0.5, 0.6) is 5.75 Å². The molecule has 1 aromatic rings. The van der Waals surface area contributed by atoms with E-state index in [9.17, 15) is 12.8 Å². The predicted octanol–water partition coefficient (Wildman–Crippen LogP) is 2.47. The smallest absolute Gasteiger partial charge is 0.232 e. The predicted molar refractivity (Wildman–Crippen MR) is 60.9 cm³/mol. The molecular weight excluding hydrogens is 255 g/mol. The third-order valence-corrected chi connectivity index (χ3v) is 3.18. The lowest BCUT2D eigenvalue weighted by molar-refractivity contribution is 0.316. The van der Waals surface area contributed by atoms with Gasteiger partial charge in [0.1, 0.15) is 11.6 Å². The fraction of sp³-hybridized carbons (Fsp3) is 0.400. The Morgan fingerprint density at radius 2 is 2.12 bits per heavy atom. The minimum Gasteiger partial charge on any atom is -0.493 e. The lowest BCUT2D eigenvalue weighted by Gasteiger charge is -2.06. The van der Waals surface area contributed by atoms with Crippen molar-refractivity contribution < 1.29 is 17.5 Å². The number of ether oxygens (including phenoxy) is 1. The highest BCUT2D eigenvalue weighted by atomic mass is 35.7. The average molecular weight is 267 g/mol. The molecule has 0 saturated carbocycles. The van der Waals surface area contributed by atoms with Gasteiger partial charge in [0.05, 0.1) is 12.4 Å². The number of halogens is 2. The maximum atomic E-state index is 13.1. The standard InChI is InChI=1S/C10H12ClFO3S/c1-8-3-4-9(7-10(8)12)15-5-2-6-16(11,13)14/h3-4,7H,2,5-6H2,1H3. The molecule has 0 N–H and O–H groups in total. The topological polar surface area (TPSA) is 43.4 Å². The summed E-state index contributed by atoms with van der Waals surface area (Å²) >= 11 is 0. The van der Waals surface area contributed by atoms with Gasteiger partial charge in [0.25, 0.3) is 0 Å². The minimum atomic E-state index is -3.48. The fourth-order valence-electron chi connectivity index (χ4n) is 1.08. The zero-order chi connectivity index (χ0) is 12.2. The number of benzene rings is 1. The molecule has 0 bridgehead atoms. The second-order valence-corrected chi connectivity index (χ2v) is 6.25. The van der Waals surface area contributed by atoms with Crippen molar-refractivity contribution >= 4 is 19.7 Å². The van der Waals surface area contributed by atoms with Crippen molar-refractivity contribution in [1.29, 1.82) is 0 Å². The molecule has 0 saturated heterocycles. The van der Waals surface area contributed by atoms with Crippen LogP contribution in [0.2, 0.25) is 0 Å². The van der Waals surface area contributed by atoms with Crippen molar-refractivity contribution in [3.63, 3.8) is 0 Å². The molecule has 1 aromatic carbocycles. The van der Waals surface area contributed by atoms with Crippen molar-refractivity contribution in [2.75, 3.05) is 12.4 Å². The first-order valence-electron chi connectivity index (χ1n) is 4.70. The Hall–Kier alpha value is -0.810. The molecule has 0 aliphatic carbocycles. The Kier molecular flexibility index (Phi) is 4.56. The Morgan fingerprint density at radius 1 is 1.44 bits per heavy atom. The Bertz CT molecular complexity index is 459. The van der Waals surface area contributed by atoms with Gasteiger partial charge in [-0.2, -0.15) is 0 Å². The van der Waals surface area contributed by atoms with Crippen molar-refractivity contribution in [2.45, 2.75) is 13.3 Å². The van der Waals surface area contributed by atoms with Gasteiger partial charge in [-0.1, -0.05) is 6.07 Å². The van der Waals surface area contributed by atoms with Crippen LogP contribution >= 0.6 is 10.7 Å². The summed E-state index contributed by atoms with van der Waals surface area (Å²) in [5.74, 6) is -0.111. The van der Waals surface area contributed by atoms with E-state index in [1.165, 1.54) is 6.07 Å². The molecule has 0 atom stereocenters. The van der Waals surface area contributed by atoms with E-state index in [0.717, 1.165) is 0 Å². The highest BCUT2D eigenvalue weighted by molar-refractivity contribution is 8.13. The molecule has 0 aliphatic heterocycles. The molecule has 0 unspecified atom stereocenters. The first-order valence-corrected chi connectivity index (χ1v) is 7.17. The number of rotatable bonds is 5. The molecule has 1 rings (SSSR count). The van der Waals surface area contributed by atoms with Crippen LogP contribution in [-0.2, 0) is 9.05 Å². The second kappa shape index (κ2) is 5.50. The highest BCUT2D eigenvalue weighted by Gasteiger charge is 2.05. The minimum absolute atomic E-state index is 0.150. The molecular formula is C10H12ClFO3S. The van der Waals surface area contributed by atoms with Crippen molar-refractivity contribution in [3.8, 4) is 5.75 Å². The molecule has 6 heteroatoms. The van der Waals surface area contributed by atoms with Crippen LogP contribution in [0.3, 0.4) is 0 Å².